The normalized spacial score (nSPS) is 10.7. The number of likely N-dealkylation sites (N-methyl/N-ethyl adjacent to an activating group) is 1. The molecule has 1 heterocycles. The fourth-order valence-corrected chi connectivity index (χ4v) is 3.70. The second-order valence-corrected chi connectivity index (χ2v) is 7.87. The summed E-state index contributed by atoms with van der Waals surface area (Å²) in [5.74, 6) is -0.428. The second kappa shape index (κ2) is 8.53. The van der Waals surface area contributed by atoms with Crippen LogP contribution in [0, 0.1) is 34.6 Å². The van der Waals surface area contributed by atoms with Gasteiger partial charge in [0, 0.05) is 24.0 Å². The Morgan fingerprint density at radius 2 is 1.57 bits per heavy atom. The molecule has 3 rings (SSSR count). The smallest absolute Gasteiger partial charge is 0.254 e. The number of carbonyl (C=O) groups is 2. The number of hydrogen-bond acceptors (Lipinski definition) is 3. The molecule has 0 unspecified atom stereocenters. The molecule has 2 aromatic carbocycles. The van der Waals surface area contributed by atoms with E-state index in [4.69, 9.17) is 0 Å². The van der Waals surface area contributed by atoms with E-state index >= 15 is 0 Å². The van der Waals surface area contributed by atoms with E-state index in [1.54, 1.807) is 19.2 Å². The van der Waals surface area contributed by atoms with Crippen LogP contribution in [0.2, 0.25) is 0 Å². The molecule has 0 saturated carbocycles. The van der Waals surface area contributed by atoms with Gasteiger partial charge in [-0.25, -0.2) is 4.68 Å². The second-order valence-electron chi connectivity index (χ2n) is 7.87. The van der Waals surface area contributed by atoms with Gasteiger partial charge in [-0.3, -0.25) is 9.59 Å². The lowest BCUT2D eigenvalue weighted by Crippen LogP contribution is -2.35. The van der Waals surface area contributed by atoms with Crippen molar-refractivity contribution in [2.45, 2.75) is 34.6 Å². The number of nitrogens with zero attached hydrogens (tertiary/aromatic N) is 3. The minimum Gasteiger partial charge on any atom is -0.332 e. The number of anilines is 1. The van der Waals surface area contributed by atoms with Gasteiger partial charge in [-0.1, -0.05) is 17.7 Å². The Hall–Kier alpha value is -3.41. The summed E-state index contributed by atoms with van der Waals surface area (Å²) in [5.41, 5.74) is 7.37. The van der Waals surface area contributed by atoms with Crippen molar-refractivity contribution in [2.75, 3.05) is 18.9 Å². The van der Waals surface area contributed by atoms with E-state index in [2.05, 4.69) is 10.4 Å². The molecular formula is C24H28N4O2. The van der Waals surface area contributed by atoms with Gasteiger partial charge in [0.15, 0.2) is 0 Å². The summed E-state index contributed by atoms with van der Waals surface area (Å²) in [6.45, 7) is 9.87. The number of hydrogen-bond donors (Lipinski definition) is 1. The van der Waals surface area contributed by atoms with Crippen molar-refractivity contribution in [2.24, 2.45) is 0 Å². The molecule has 0 spiro atoms. The standard InChI is InChI=1S/C24H28N4O2/c1-15-11-16(2)23(17(3)12-15)25-22(29)14-27(6)24(30)20-7-9-21(10-8-20)28-19(5)13-18(4)26-28/h7-13H,14H2,1-6H3,(H,25,29). The number of amides is 2. The third-order valence-electron chi connectivity index (χ3n) is 5.04. The van der Waals surface area contributed by atoms with Crippen LogP contribution in [0.3, 0.4) is 0 Å². The zero-order valence-corrected chi connectivity index (χ0v) is 18.4. The monoisotopic (exact) mass is 404 g/mol. The number of aromatic nitrogens is 2. The molecule has 0 radical (unpaired) electrons. The number of rotatable bonds is 5. The summed E-state index contributed by atoms with van der Waals surface area (Å²) in [4.78, 5) is 26.7. The van der Waals surface area contributed by atoms with Crippen LogP contribution in [0.5, 0.6) is 0 Å². The molecule has 2 amide bonds. The Bertz CT molecular complexity index is 1070. The highest BCUT2D eigenvalue weighted by Gasteiger charge is 2.17. The maximum absolute atomic E-state index is 12.8. The van der Waals surface area contributed by atoms with Gasteiger partial charge in [0.05, 0.1) is 17.9 Å². The molecular weight excluding hydrogens is 376 g/mol. The first-order valence-electron chi connectivity index (χ1n) is 9.92. The van der Waals surface area contributed by atoms with E-state index in [9.17, 15) is 9.59 Å². The van der Waals surface area contributed by atoms with Gasteiger partial charge in [0.2, 0.25) is 5.91 Å². The highest BCUT2D eigenvalue weighted by atomic mass is 16.2. The molecule has 0 aliphatic carbocycles. The number of aryl methyl sites for hydroxylation is 5. The Kier molecular flexibility index (Phi) is 6.06. The number of nitrogens with one attached hydrogen (secondary N) is 1. The third kappa shape index (κ3) is 4.59. The Labute approximate surface area is 177 Å². The van der Waals surface area contributed by atoms with Gasteiger partial charge in [-0.05, 0) is 76.1 Å². The van der Waals surface area contributed by atoms with E-state index < -0.39 is 0 Å². The maximum Gasteiger partial charge on any atom is 0.254 e. The van der Waals surface area contributed by atoms with Crippen molar-refractivity contribution in [3.8, 4) is 5.69 Å². The highest BCUT2D eigenvalue weighted by molar-refractivity contribution is 5.99. The average molecular weight is 405 g/mol. The molecule has 0 saturated heterocycles. The lowest BCUT2D eigenvalue weighted by molar-refractivity contribution is -0.116. The van der Waals surface area contributed by atoms with Crippen LogP contribution >= 0.6 is 0 Å². The third-order valence-corrected chi connectivity index (χ3v) is 5.04. The molecule has 6 nitrogen and oxygen atoms in total. The first kappa shape index (κ1) is 21.3. The largest absolute Gasteiger partial charge is 0.332 e. The van der Waals surface area contributed by atoms with Crippen molar-refractivity contribution in [1.29, 1.82) is 0 Å². The molecule has 1 N–H and O–H groups in total. The Morgan fingerprint density at radius 1 is 0.967 bits per heavy atom. The van der Waals surface area contributed by atoms with Gasteiger partial charge in [0.25, 0.3) is 5.91 Å². The lowest BCUT2D eigenvalue weighted by atomic mass is 10.1. The molecule has 0 fully saturated rings. The molecule has 0 atom stereocenters. The molecule has 0 bridgehead atoms. The van der Waals surface area contributed by atoms with Gasteiger partial charge in [-0.2, -0.15) is 5.10 Å². The molecule has 0 aliphatic heterocycles. The van der Waals surface area contributed by atoms with Crippen molar-refractivity contribution >= 4 is 17.5 Å². The summed E-state index contributed by atoms with van der Waals surface area (Å²) in [5, 5.41) is 7.39. The fourth-order valence-electron chi connectivity index (χ4n) is 3.70. The molecule has 6 heteroatoms. The van der Waals surface area contributed by atoms with Crippen LogP contribution < -0.4 is 5.32 Å². The summed E-state index contributed by atoms with van der Waals surface area (Å²) in [7, 11) is 1.63. The molecule has 30 heavy (non-hydrogen) atoms. The zero-order chi connectivity index (χ0) is 22.0. The quantitative estimate of drug-likeness (QED) is 0.695. The van der Waals surface area contributed by atoms with E-state index in [1.165, 1.54) is 4.90 Å². The highest BCUT2D eigenvalue weighted by Crippen LogP contribution is 2.22. The van der Waals surface area contributed by atoms with Crippen LogP contribution in [0.1, 0.15) is 38.4 Å². The predicted molar refractivity (Wildman–Crippen MR) is 119 cm³/mol. The molecule has 1 aromatic heterocycles. The van der Waals surface area contributed by atoms with Crippen LogP contribution in [-0.4, -0.2) is 40.1 Å². The first-order valence-corrected chi connectivity index (χ1v) is 9.92. The minimum absolute atomic E-state index is 0.0230. The SMILES string of the molecule is Cc1cc(C)c(NC(=O)CN(C)C(=O)c2ccc(-n3nc(C)cc3C)cc2)c(C)c1. The zero-order valence-electron chi connectivity index (χ0n) is 18.4. The molecule has 156 valence electrons. The predicted octanol–water partition coefficient (Wildman–Crippen LogP) is 4.13. The van der Waals surface area contributed by atoms with Crippen molar-refractivity contribution in [1.82, 2.24) is 14.7 Å². The summed E-state index contributed by atoms with van der Waals surface area (Å²) >= 11 is 0. The molecule has 0 aliphatic rings. The van der Waals surface area contributed by atoms with Gasteiger partial charge >= 0.3 is 0 Å². The maximum atomic E-state index is 12.8. The molecule has 3 aromatic rings. The van der Waals surface area contributed by atoms with Gasteiger partial charge in [-0.15, -0.1) is 0 Å². The van der Waals surface area contributed by atoms with E-state index in [1.807, 2.05) is 69.6 Å². The Balaban J connectivity index is 1.67. The average Bonchev–Trinajstić information content (AvgIpc) is 3.02. The Morgan fingerprint density at radius 3 is 2.10 bits per heavy atom. The summed E-state index contributed by atoms with van der Waals surface area (Å²) < 4.78 is 1.84. The van der Waals surface area contributed by atoms with Gasteiger partial charge in [0.1, 0.15) is 0 Å². The fraction of sp³-hybridized carbons (Fsp3) is 0.292. The number of carbonyl (C=O) groups excluding carboxylic acids is 2. The van der Waals surface area contributed by atoms with Crippen molar-refractivity contribution in [3.63, 3.8) is 0 Å². The van der Waals surface area contributed by atoms with Crippen LogP contribution in [0.4, 0.5) is 5.69 Å². The van der Waals surface area contributed by atoms with E-state index in [0.29, 0.717) is 5.56 Å². The van der Waals surface area contributed by atoms with Crippen LogP contribution in [-0.2, 0) is 4.79 Å². The van der Waals surface area contributed by atoms with E-state index in [0.717, 1.165) is 39.5 Å². The lowest BCUT2D eigenvalue weighted by Gasteiger charge is -2.19. The van der Waals surface area contributed by atoms with Crippen LogP contribution in [0.25, 0.3) is 5.69 Å². The first-order chi connectivity index (χ1) is 14.2. The number of benzene rings is 2. The summed E-state index contributed by atoms with van der Waals surface area (Å²) in [6, 6.07) is 13.3. The topological polar surface area (TPSA) is 67.2 Å². The van der Waals surface area contributed by atoms with Gasteiger partial charge < -0.3 is 10.2 Å². The van der Waals surface area contributed by atoms with Crippen LogP contribution in [0.15, 0.2) is 42.5 Å². The minimum atomic E-state index is -0.222. The van der Waals surface area contributed by atoms with Crippen molar-refractivity contribution < 1.29 is 9.59 Å². The van der Waals surface area contributed by atoms with E-state index in [-0.39, 0.29) is 18.4 Å². The van der Waals surface area contributed by atoms with Crippen molar-refractivity contribution in [3.05, 3.63) is 76.1 Å². The summed E-state index contributed by atoms with van der Waals surface area (Å²) in [6.07, 6.45) is 0.